The third kappa shape index (κ3) is 3.71. The van der Waals surface area contributed by atoms with Crippen LogP contribution in [0.5, 0.6) is 0 Å². The minimum atomic E-state index is -0.882. The second-order valence-electron chi connectivity index (χ2n) is 5.47. The number of halogens is 2. The number of hydrogen-bond donors (Lipinski definition) is 1. The normalized spacial score (nSPS) is 16.8. The van der Waals surface area contributed by atoms with Gasteiger partial charge in [0.05, 0.1) is 17.8 Å². The molecule has 0 bridgehead atoms. The predicted octanol–water partition coefficient (Wildman–Crippen LogP) is 4.35. The van der Waals surface area contributed by atoms with Crippen molar-refractivity contribution in [3.8, 4) is 0 Å². The Bertz CT molecular complexity index is 926. The zero-order valence-corrected chi connectivity index (χ0v) is 15.7. The van der Waals surface area contributed by atoms with Gasteiger partial charge < -0.3 is 14.8 Å². The van der Waals surface area contributed by atoms with Crippen molar-refractivity contribution in [3.63, 3.8) is 0 Å². The molecular weight excluding hydrogens is 381 g/mol. The van der Waals surface area contributed by atoms with Gasteiger partial charge in [-0.1, -0.05) is 17.7 Å². The molecule has 1 N–H and O–H groups in total. The summed E-state index contributed by atoms with van der Waals surface area (Å²) in [7, 11) is 1.21. The number of ether oxygens (including phenoxy) is 2. The van der Waals surface area contributed by atoms with E-state index in [4.69, 9.17) is 16.3 Å². The van der Waals surface area contributed by atoms with E-state index in [1.807, 2.05) is 12.3 Å². The van der Waals surface area contributed by atoms with Crippen LogP contribution in [-0.4, -0.2) is 24.1 Å². The fourth-order valence-electron chi connectivity index (χ4n) is 2.46. The Balaban J connectivity index is 2.08. The minimum Gasteiger partial charge on any atom is -0.437 e. The maximum atomic E-state index is 13.4. The fraction of sp³-hybridized carbons (Fsp3) is 0.235. The lowest BCUT2D eigenvalue weighted by Gasteiger charge is -2.26. The number of nitrogens with one attached hydrogen (secondary N) is 1. The monoisotopic (exact) mass is 395 g/mol. The third-order valence-corrected chi connectivity index (χ3v) is 4.76. The van der Waals surface area contributed by atoms with Crippen LogP contribution in [0.3, 0.4) is 0 Å². The van der Waals surface area contributed by atoms with Gasteiger partial charge in [-0.3, -0.25) is 0 Å². The van der Waals surface area contributed by atoms with Gasteiger partial charge in [-0.2, -0.15) is 0 Å². The number of amidine groups is 1. The molecule has 1 aliphatic heterocycles. The largest absolute Gasteiger partial charge is 0.513 e. The molecule has 1 atom stereocenters. The van der Waals surface area contributed by atoms with E-state index in [-0.39, 0.29) is 10.8 Å². The van der Waals surface area contributed by atoms with Crippen LogP contribution < -0.4 is 5.32 Å². The van der Waals surface area contributed by atoms with Gasteiger partial charge in [0.2, 0.25) is 0 Å². The number of benzene rings is 1. The first-order valence-electron chi connectivity index (χ1n) is 7.58. The van der Waals surface area contributed by atoms with Gasteiger partial charge in [-0.05, 0) is 26.0 Å². The average Bonchev–Trinajstić information content (AvgIpc) is 3.03. The molecule has 6 nitrogen and oxygen atoms in total. The van der Waals surface area contributed by atoms with Gasteiger partial charge in [-0.25, -0.2) is 19.2 Å². The Morgan fingerprint density at radius 3 is 2.77 bits per heavy atom. The van der Waals surface area contributed by atoms with E-state index in [1.54, 1.807) is 6.92 Å². The predicted molar refractivity (Wildman–Crippen MR) is 96.9 cm³/mol. The molecule has 0 fully saturated rings. The van der Waals surface area contributed by atoms with E-state index in [0.717, 1.165) is 5.01 Å². The highest BCUT2D eigenvalue weighted by molar-refractivity contribution is 7.09. The number of allylic oxidation sites excluding steroid dienone is 1. The summed E-state index contributed by atoms with van der Waals surface area (Å²) in [6, 6.07) is 3.22. The van der Waals surface area contributed by atoms with Crippen LogP contribution in [0.25, 0.3) is 0 Å². The van der Waals surface area contributed by atoms with Crippen LogP contribution in [0.2, 0.25) is 5.02 Å². The van der Waals surface area contributed by atoms with Crippen molar-refractivity contribution in [1.29, 1.82) is 0 Å². The standard InChI is InChI=1S/C17H15ClFN3O3S/c1-8-15(25-17(23)24-3)14(11-5-4-10(19)6-12(11)18)22-16(20-8)13-7-26-9(2)21-13/h4-7,14H,1-3H3,(H,20,22). The van der Waals surface area contributed by atoms with Crippen LogP contribution in [0.15, 0.2) is 40.0 Å². The topological polar surface area (TPSA) is 72.8 Å². The van der Waals surface area contributed by atoms with Crippen LogP contribution in [0.1, 0.15) is 29.2 Å². The van der Waals surface area contributed by atoms with Gasteiger partial charge in [0.25, 0.3) is 0 Å². The van der Waals surface area contributed by atoms with Crippen LogP contribution in [0.4, 0.5) is 9.18 Å². The Kier molecular flexibility index (Phi) is 5.24. The maximum Gasteiger partial charge on any atom is 0.513 e. The molecular formula is C17H15ClFN3O3S. The zero-order chi connectivity index (χ0) is 18.8. The number of hydrogen-bond acceptors (Lipinski definition) is 7. The van der Waals surface area contributed by atoms with E-state index < -0.39 is 18.0 Å². The van der Waals surface area contributed by atoms with E-state index in [2.05, 4.69) is 20.0 Å². The summed E-state index contributed by atoms with van der Waals surface area (Å²) in [6.07, 6.45) is -0.882. The Morgan fingerprint density at radius 1 is 1.38 bits per heavy atom. The number of aliphatic imine (C=N–C) groups is 1. The Hall–Kier alpha value is -2.45. The quantitative estimate of drug-likeness (QED) is 0.782. The number of rotatable bonds is 3. The van der Waals surface area contributed by atoms with E-state index in [1.165, 1.54) is 36.6 Å². The molecule has 0 spiro atoms. The molecule has 0 aliphatic carbocycles. The fourth-order valence-corrected chi connectivity index (χ4v) is 3.33. The van der Waals surface area contributed by atoms with Crippen LogP contribution >= 0.6 is 22.9 Å². The van der Waals surface area contributed by atoms with Gasteiger partial charge in [0.1, 0.15) is 17.6 Å². The lowest BCUT2D eigenvalue weighted by molar-refractivity contribution is 0.0913. The van der Waals surface area contributed by atoms with Crippen LogP contribution in [0, 0.1) is 12.7 Å². The molecule has 1 aromatic heterocycles. The summed E-state index contributed by atoms with van der Waals surface area (Å²) < 4.78 is 23.3. The van der Waals surface area contributed by atoms with Gasteiger partial charge in [-0.15, -0.1) is 11.3 Å². The first-order valence-corrected chi connectivity index (χ1v) is 8.83. The zero-order valence-electron chi connectivity index (χ0n) is 14.2. The minimum absolute atomic E-state index is 0.174. The SMILES string of the molecule is COC(=O)OC1=C(C)NC(c2csc(C)n2)=NC1c1ccc(F)cc1Cl. The molecule has 0 radical (unpaired) electrons. The molecule has 0 saturated carbocycles. The molecule has 136 valence electrons. The summed E-state index contributed by atoms with van der Waals surface area (Å²) in [6.45, 7) is 3.62. The molecule has 9 heteroatoms. The summed E-state index contributed by atoms with van der Waals surface area (Å²) in [4.78, 5) is 20.6. The molecule has 1 aromatic carbocycles. The Morgan fingerprint density at radius 2 is 2.15 bits per heavy atom. The third-order valence-electron chi connectivity index (χ3n) is 3.66. The van der Waals surface area contributed by atoms with E-state index in [0.29, 0.717) is 22.8 Å². The lowest BCUT2D eigenvalue weighted by Crippen LogP contribution is -2.31. The van der Waals surface area contributed by atoms with Crippen molar-refractivity contribution in [1.82, 2.24) is 10.3 Å². The maximum absolute atomic E-state index is 13.4. The second-order valence-corrected chi connectivity index (χ2v) is 6.94. The molecule has 26 heavy (non-hydrogen) atoms. The van der Waals surface area contributed by atoms with Crippen molar-refractivity contribution in [2.24, 2.45) is 4.99 Å². The van der Waals surface area contributed by atoms with Gasteiger partial charge in [0.15, 0.2) is 11.6 Å². The molecule has 1 unspecified atom stereocenters. The van der Waals surface area contributed by atoms with Crippen molar-refractivity contribution >= 4 is 34.9 Å². The average molecular weight is 396 g/mol. The summed E-state index contributed by atoms with van der Waals surface area (Å²) in [5.74, 6) is 0.263. The van der Waals surface area contributed by atoms with Crippen molar-refractivity contribution in [2.45, 2.75) is 19.9 Å². The number of carbonyl (C=O) groups is 1. The summed E-state index contributed by atoms with van der Waals surface area (Å²) >= 11 is 7.69. The number of carbonyl (C=O) groups excluding carboxylic acids is 1. The van der Waals surface area contributed by atoms with Crippen LogP contribution in [-0.2, 0) is 9.47 Å². The lowest BCUT2D eigenvalue weighted by atomic mass is 10.0. The molecule has 2 aromatic rings. The van der Waals surface area contributed by atoms with E-state index in [9.17, 15) is 9.18 Å². The molecule has 3 rings (SSSR count). The molecule has 1 aliphatic rings. The number of thiazole rings is 1. The number of nitrogens with zero attached hydrogens (tertiary/aromatic N) is 2. The summed E-state index contributed by atoms with van der Waals surface area (Å²) in [5.41, 5.74) is 1.71. The Labute approximate surface area is 158 Å². The van der Waals surface area contributed by atoms with Crippen molar-refractivity contribution < 1.29 is 18.7 Å². The highest BCUT2D eigenvalue weighted by Crippen LogP contribution is 2.36. The van der Waals surface area contributed by atoms with Crippen molar-refractivity contribution in [2.75, 3.05) is 7.11 Å². The first kappa shape index (κ1) is 18.3. The number of aromatic nitrogens is 1. The van der Waals surface area contributed by atoms with Gasteiger partial charge in [0, 0.05) is 16.0 Å². The van der Waals surface area contributed by atoms with E-state index >= 15 is 0 Å². The second kappa shape index (κ2) is 7.43. The highest BCUT2D eigenvalue weighted by Gasteiger charge is 2.30. The number of methoxy groups -OCH3 is 1. The first-order chi connectivity index (χ1) is 12.4. The highest BCUT2D eigenvalue weighted by atomic mass is 35.5. The smallest absolute Gasteiger partial charge is 0.437 e. The number of aryl methyl sites for hydroxylation is 1. The molecule has 0 saturated heterocycles. The van der Waals surface area contributed by atoms with Gasteiger partial charge >= 0.3 is 6.16 Å². The van der Waals surface area contributed by atoms with Crippen molar-refractivity contribution in [3.05, 3.63) is 62.1 Å². The molecule has 0 amide bonds. The summed E-state index contributed by atoms with van der Waals surface area (Å²) in [5, 5.41) is 6.01. The molecule has 2 heterocycles.